The van der Waals surface area contributed by atoms with E-state index in [2.05, 4.69) is 58.2 Å². The molecule has 2 saturated heterocycles. The van der Waals surface area contributed by atoms with E-state index in [1.807, 2.05) is 12.3 Å². The van der Waals surface area contributed by atoms with Crippen molar-refractivity contribution in [3.8, 4) is 11.3 Å². The smallest absolute Gasteiger partial charge is 0.160 e. The summed E-state index contributed by atoms with van der Waals surface area (Å²) in [6.45, 7) is 11.4. The molecule has 0 radical (unpaired) electrons. The summed E-state index contributed by atoms with van der Waals surface area (Å²) < 4.78 is 7.12. The number of aliphatic hydroxyl groups excluding tert-OH is 1. The number of anilines is 1. The highest BCUT2D eigenvalue weighted by molar-refractivity contribution is 5.89. The van der Waals surface area contributed by atoms with Gasteiger partial charge in [-0.2, -0.15) is 5.10 Å². The van der Waals surface area contributed by atoms with E-state index in [1.165, 1.54) is 11.9 Å². The predicted molar refractivity (Wildman–Crippen MR) is 140 cm³/mol. The lowest BCUT2D eigenvalue weighted by Crippen LogP contribution is -2.51. The van der Waals surface area contributed by atoms with Gasteiger partial charge in [-0.3, -0.25) is 0 Å². The molecule has 36 heavy (non-hydrogen) atoms. The molecule has 0 amide bonds. The SMILES string of the molecule is CC(C)c1c(-c2cc(CO)c3ncnn3c2)[nH]c2ccc(N3CCC(NCC4(C)COC4)CC3)nc12. The Kier molecular flexibility index (Phi) is 5.94. The lowest BCUT2D eigenvalue weighted by molar-refractivity contribution is -0.100. The highest BCUT2D eigenvalue weighted by Crippen LogP contribution is 2.36. The summed E-state index contributed by atoms with van der Waals surface area (Å²) in [5, 5.41) is 18.0. The Morgan fingerprint density at radius 1 is 1.25 bits per heavy atom. The normalized spacial score (nSPS) is 18.4. The molecule has 4 aromatic heterocycles. The maximum atomic E-state index is 9.91. The molecule has 0 atom stereocenters. The minimum Gasteiger partial charge on any atom is -0.392 e. The molecule has 2 aliphatic heterocycles. The maximum Gasteiger partial charge on any atom is 0.160 e. The van der Waals surface area contributed by atoms with E-state index < -0.39 is 0 Å². The number of nitrogens with zero attached hydrogens (tertiary/aromatic N) is 5. The van der Waals surface area contributed by atoms with Gasteiger partial charge >= 0.3 is 0 Å². The topological polar surface area (TPSA) is 104 Å². The lowest BCUT2D eigenvalue weighted by Gasteiger charge is -2.40. The van der Waals surface area contributed by atoms with Crippen LogP contribution in [0.5, 0.6) is 0 Å². The van der Waals surface area contributed by atoms with E-state index >= 15 is 0 Å². The second kappa shape index (κ2) is 9.14. The minimum atomic E-state index is -0.0898. The zero-order chi connectivity index (χ0) is 24.9. The van der Waals surface area contributed by atoms with Crippen LogP contribution in [0.1, 0.15) is 50.7 Å². The van der Waals surface area contributed by atoms with Gasteiger partial charge in [0.1, 0.15) is 12.1 Å². The largest absolute Gasteiger partial charge is 0.392 e. The number of pyridine rings is 2. The fourth-order valence-corrected chi connectivity index (χ4v) is 5.55. The standard InChI is InChI=1S/C27H35N7O2/c1-17(2)23-24(18-10-19(12-35)26-29-16-30-34(26)11-18)31-21-4-5-22(32-25(21)23)33-8-6-20(7-9-33)28-13-27(3)14-36-15-27/h4-5,10-11,16-17,20,28,31,35H,6-9,12-15H2,1-3H3. The average molecular weight is 490 g/mol. The molecule has 9 nitrogen and oxygen atoms in total. The first-order valence-electron chi connectivity index (χ1n) is 13.0. The van der Waals surface area contributed by atoms with Gasteiger partial charge in [-0.25, -0.2) is 14.5 Å². The van der Waals surface area contributed by atoms with Crippen molar-refractivity contribution in [3.63, 3.8) is 0 Å². The molecule has 0 saturated carbocycles. The molecule has 0 unspecified atom stereocenters. The first-order chi connectivity index (χ1) is 17.4. The number of nitrogens with one attached hydrogen (secondary N) is 2. The molecular formula is C27H35N7O2. The van der Waals surface area contributed by atoms with Gasteiger partial charge < -0.3 is 25.0 Å². The predicted octanol–water partition coefficient (Wildman–Crippen LogP) is 3.48. The molecule has 3 N–H and O–H groups in total. The molecule has 6 heterocycles. The van der Waals surface area contributed by atoms with Crippen LogP contribution < -0.4 is 10.2 Å². The van der Waals surface area contributed by atoms with Gasteiger partial charge in [0, 0.05) is 54.0 Å². The Labute approximate surface area is 210 Å². The van der Waals surface area contributed by atoms with Crippen LogP contribution in [0.3, 0.4) is 0 Å². The van der Waals surface area contributed by atoms with Crippen molar-refractivity contribution >= 4 is 22.5 Å². The summed E-state index contributed by atoms with van der Waals surface area (Å²) >= 11 is 0. The van der Waals surface area contributed by atoms with Gasteiger partial charge in [0.2, 0.25) is 0 Å². The summed E-state index contributed by atoms with van der Waals surface area (Å²) in [6.07, 6.45) is 5.72. The van der Waals surface area contributed by atoms with Crippen LogP contribution in [0, 0.1) is 5.41 Å². The maximum absolute atomic E-state index is 9.91. The molecule has 190 valence electrons. The van der Waals surface area contributed by atoms with E-state index in [0.717, 1.165) is 79.4 Å². The van der Waals surface area contributed by atoms with Crippen LogP contribution >= 0.6 is 0 Å². The molecule has 6 rings (SSSR count). The third-order valence-electron chi connectivity index (χ3n) is 7.69. The Hall–Kier alpha value is -3.01. The van der Waals surface area contributed by atoms with E-state index in [9.17, 15) is 5.11 Å². The summed E-state index contributed by atoms with van der Waals surface area (Å²) in [4.78, 5) is 15.5. The molecular weight excluding hydrogens is 454 g/mol. The fraction of sp³-hybridized carbons (Fsp3) is 0.519. The molecule has 2 fully saturated rings. The van der Waals surface area contributed by atoms with Crippen LogP contribution in [-0.4, -0.2) is 68.6 Å². The molecule has 0 aromatic carbocycles. The van der Waals surface area contributed by atoms with Gasteiger partial charge in [-0.05, 0) is 37.0 Å². The third kappa shape index (κ3) is 4.15. The number of aromatic amines is 1. The van der Waals surface area contributed by atoms with E-state index in [0.29, 0.717) is 17.1 Å². The Morgan fingerprint density at radius 3 is 2.75 bits per heavy atom. The number of hydrogen-bond acceptors (Lipinski definition) is 7. The van der Waals surface area contributed by atoms with E-state index in [1.54, 1.807) is 4.52 Å². The third-order valence-corrected chi connectivity index (χ3v) is 7.69. The van der Waals surface area contributed by atoms with E-state index in [4.69, 9.17) is 9.72 Å². The molecule has 2 aliphatic rings. The van der Waals surface area contributed by atoms with Crippen molar-refractivity contribution in [2.75, 3.05) is 37.7 Å². The lowest BCUT2D eigenvalue weighted by atomic mass is 9.88. The first kappa shape index (κ1) is 23.4. The zero-order valence-electron chi connectivity index (χ0n) is 21.3. The second-order valence-electron chi connectivity index (χ2n) is 11.0. The zero-order valence-corrected chi connectivity index (χ0v) is 21.3. The van der Waals surface area contributed by atoms with Crippen molar-refractivity contribution in [2.45, 2.75) is 52.2 Å². The van der Waals surface area contributed by atoms with Gasteiger partial charge in [-0.1, -0.05) is 20.8 Å². The van der Waals surface area contributed by atoms with Gasteiger partial charge in [0.25, 0.3) is 0 Å². The molecule has 4 aromatic rings. The van der Waals surface area contributed by atoms with Crippen LogP contribution in [0.25, 0.3) is 27.9 Å². The highest BCUT2D eigenvalue weighted by atomic mass is 16.5. The van der Waals surface area contributed by atoms with Crippen molar-refractivity contribution < 1.29 is 9.84 Å². The highest BCUT2D eigenvalue weighted by Gasteiger charge is 2.34. The molecule has 0 aliphatic carbocycles. The Morgan fingerprint density at radius 2 is 2.06 bits per heavy atom. The number of piperidine rings is 1. The van der Waals surface area contributed by atoms with Gasteiger partial charge in [0.05, 0.1) is 36.5 Å². The summed E-state index contributed by atoms with van der Waals surface area (Å²) in [7, 11) is 0. The van der Waals surface area contributed by atoms with Crippen molar-refractivity contribution in [1.82, 2.24) is 29.9 Å². The molecule has 0 bridgehead atoms. The summed E-state index contributed by atoms with van der Waals surface area (Å²) in [5.74, 6) is 1.31. The second-order valence-corrected chi connectivity index (χ2v) is 11.0. The summed E-state index contributed by atoms with van der Waals surface area (Å²) in [5.41, 5.74) is 6.95. The van der Waals surface area contributed by atoms with Crippen LogP contribution in [0.2, 0.25) is 0 Å². The van der Waals surface area contributed by atoms with Crippen molar-refractivity contribution in [1.29, 1.82) is 0 Å². The number of aliphatic hydroxyl groups is 1. The van der Waals surface area contributed by atoms with Crippen LogP contribution in [0.4, 0.5) is 5.82 Å². The quantitative estimate of drug-likeness (QED) is 0.365. The van der Waals surface area contributed by atoms with Crippen LogP contribution in [0.15, 0.2) is 30.7 Å². The Balaban J connectivity index is 1.27. The average Bonchev–Trinajstić information content (AvgIpc) is 3.50. The van der Waals surface area contributed by atoms with E-state index in [-0.39, 0.29) is 12.5 Å². The number of hydrogen-bond donors (Lipinski definition) is 3. The monoisotopic (exact) mass is 489 g/mol. The van der Waals surface area contributed by atoms with Crippen LogP contribution in [-0.2, 0) is 11.3 Å². The van der Waals surface area contributed by atoms with Crippen molar-refractivity contribution in [3.05, 3.63) is 41.9 Å². The fourth-order valence-electron chi connectivity index (χ4n) is 5.55. The van der Waals surface area contributed by atoms with Gasteiger partial charge in [0.15, 0.2) is 5.65 Å². The first-order valence-corrected chi connectivity index (χ1v) is 13.0. The number of rotatable bonds is 7. The summed E-state index contributed by atoms with van der Waals surface area (Å²) in [6, 6.07) is 6.83. The van der Waals surface area contributed by atoms with Crippen molar-refractivity contribution in [2.24, 2.45) is 5.41 Å². The molecule has 0 spiro atoms. The molecule has 9 heteroatoms. The number of fused-ring (bicyclic) bond motifs is 2. The minimum absolute atomic E-state index is 0.0898. The number of aromatic nitrogens is 5. The Bertz CT molecular complexity index is 1380. The number of ether oxygens (including phenoxy) is 1. The van der Waals surface area contributed by atoms with Gasteiger partial charge in [-0.15, -0.1) is 0 Å². The number of H-pyrrole nitrogens is 1.